The van der Waals surface area contributed by atoms with Crippen LogP contribution in [0.3, 0.4) is 0 Å². The van der Waals surface area contributed by atoms with Gasteiger partial charge in [0.15, 0.2) is 0 Å². The SMILES string of the molecule is CC/C=C\C/C=C\C/C=C\C/C=C\C/C=C\CCCCCCCCOCC(COP(=O)(O)OCCN)OC(=O)CCCCCCC/C=C\CCCCCCC. The van der Waals surface area contributed by atoms with Gasteiger partial charge < -0.3 is 20.1 Å². The van der Waals surface area contributed by atoms with Gasteiger partial charge in [-0.25, -0.2) is 4.57 Å². The first-order valence-electron chi connectivity index (χ1n) is 21.9. The average molecular weight is 792 g/mol. The third kappa shape index (κ3) is 42.9. The van der Waals surface area contributed by atoms with E-state index in [4.69, 9.17) is 24.3 Å². The molecule has 0 aromatic heterocycles. The summed E-state index contributed by atoms with van der Waals surface area (Å²) in [6.45, 7) is 4.74. The number of hydrogen-bond acceptors (Lipinski definition) is 7. The molecule has 0 aliphatic rings. The average Bonchev–Trinajstić information content (AvgIpc) is 3.17. The molecule has 0 aromatic carbocycles. The maximum atomic E-state index is 12.6. The lowest BCUT2D eigenvalue weighted by atomic mass is 10.1. The quantitative estimate of drug-likeness (QED) is 0.0272. The van der Waals surface area contributed by atoms with Crippen LogP contribution in [0, 0.1) is 0 Å². The Morgan fingerprint density at radius 1 is 0.564 bits per heavy atom. The van der Waals surface area contributed by atoms with Gasteiger partial charge >= 0.3 is 13.8 Å². The number of carbonyl (C=O) groups is 1. The molecule has 0 saturated carbocycles. The van der Waals surface area contributed by atoms with Crippen molar-refractivity contribution < 1.29 is 32.8 Å². The Bertz CT molecular complexity index is 1070. The monoisotopic (exact) mass is 792 g/mol. The van der Waals surface area contributed by atoms with Crippen molar-refractivity contribution in [1.82, 2.24) is 0 Å². The summed E-state index contributed by atoms with van der Waals surface area (Å²) in [6, 6.07) is 0. The van der Waals surface area contributed by atoms with Crippen molar-refractivity contribution in [2.45, 2.75) is 180 Å². The molecule has 0 radical (unpaired) electrons. The van der Waals surface area contributed by atoms with E-state index >= 15 is 0 Å². The minimum Gasteiger partial charge on any atom is -0.457 e. The van der Waals surface area contributed by atoms with E-state index in [2.05, 4.69) is 86.8 Å². The normalized spacial score (nSPS) is 14.2. The molecule has 0 rings (SSSR count). The van der Waals surface area contributed by atoms with Crippen molar-refractivity contribution in [3.05, 3.63) is 72.9 Å². The summed E-state index contributed by atoms with van der Waals surface area (Å²) in [5.74, 6) is -0.348. The van der Waals surface area contributed by atoms with Crippen LogP contribution in [0.5, 0.6) is 0 Å². The minimum absolute atomic E-state index is 0.0929. The first-order chi connectivity index (χ1) is 26.9. The van der Waals surface area contributed by atoms with Gasteiger partial charge in [0.05, 0.1) is 19.8 Å². The summed E-state index contributed by atoms with van der Waals surface area (Å²) in [4.78, 5) is 22.5. The number of hydrogen-bond donors (Lipinski definition) is 2. The van der Waals surface area contributed by atoms with Crippen molar-refractivity contribution in [3.8, 4) is 0 Å². The van der Waals surface area contributed by atoms with Crippen molar-refractivity contribution in [3.63, 3.8) is 0 Å². The number of esters is 1. The highest BCUT2D eigenvalue weighted by atomic mass is 31.2. The van der Waals surface area contributed by atoms with Crippen LogP contribution in [0.15, 0.2) is 72.9 Å². The molecule has 0 aromatic rings. The number of nitrogens with two attached hydrogens (primary N) is 1. The largest absolute Gasteiger partial charge is 0.472 e. The molecule has 0 heterocycles. The predicted molar refractivity (Wildman–Crippen MR) is 233 cm³/mol. The number of allylic oxidation sites excluding steroid dienone is 12. The van der Waals surface area contributed by atoms with Gasteiger partial charge in [-0.3, -0.25) is 13.8 Å². The Kier molecular flexibility index (Phi) is 41.5. The zero-order valence-corrected chi connectivity index (χ0v) is 36.0. The van der Waals surface area contributed by atoms with Crippen LogP contribution >= 0.6 is 7.82 Å². The highest BCUT2D eigenvalue weighted by Gasteiger charge is 2.25. The van der Waals surface area contributed by atoms with Crippen molar-refractivity contribution in [1.29, 1.82) is 0 Å². The summed E-state index contributed by atoms with van der Waals surface area (Å²) in [5, 5.41) is 0. The van der Waals surface area contributed by atoms with Crippen LogP contribution in [0.2, 0.25) is 0 Å². The van der Waals surface area contributed by atoms with Crippen molar-refractivity contribution >= 4 is 13.8 Å². The third-order valence-electron chi connectivity index (χ3n) is 8.86. The molecule has 0 saturated heterocycles. The fourth-order valence-corrected chi connectivity index (χ4v) is 6.43. The Balaban J connectivity index is 4.07. The van der Waals surface area contributed by atoms with Crippen molar-refractivity contribution in [2.75, 3.05) is 33.0 Å². The van der Waals surface area contributed by atoms with Crippen LogP contribution in [0.4, 0.5) is 0 Å². The molecular formula is C46H82NO7P. The summed E-state index contributed by atoms with van der Waals surface area (Å²) in [6.07, 6.45) is 53.5. The molecule has 0 spiro atoms. The van der Waals surface area contributed by atoms with E-state index < -0.39 is 13.9 Å². The topological polar surface area (TPSA) is 117 Å². The summed E-state index contributed by atoms with van der Waals surface area (Å²) in [5.41, 5.74) is 5.37. The lowest BCUT2D eigenvalue weighted by Crippen LogP contribution is -2.28. The lowest BCUT2D eigenvalue weighted by molar-refractivity contribution is -0.154. The molecule has 318 valence electrons. The van der Waals surface area contributed by atoms with E-state index in [9.17, 15) is 14.3 Å². The lowest BCUT2D eigenvalue weighted by Gasteiger charge is -2.20. The first kappa shape index (κ1) is 52.9. The smallest absolute Gasteiger partial charge is 0.457 e. The number of ether oxygens (including phenoxy) is 2. The number of unbranched alkanes of at least 4 members (excludes halogenated alkanes) is 16. The number of rotatable bonds is 41. The predicted octanol–water partition coefficient (Wildman–Crippen LogP) is 13.1. The zero-order valence-electron chi connectivity index (χ0n) is 35.1. The second kappa shape index (κ2) is 43.1. The van der Waals surface area contributed by atoms with Gasteiger partial charge in [-0.05, 0) is 83.5 Å². The Labute approximate surface area is 337 Å². The molecule has 0 aliphatic carbocycles. The molecular weight excluding hydrogens is 709 g/mol. The van der Waals surface area contributed by atoms with Gasteiger partial charge in [-0.2, -0.15) is 0 Å². The maximum Gasteiger partial charge on any atom is 0.472 e. The number of phosphoric ester groups is 1. The van der Waals surface area contributed by atoms with Crippen LogP contribution in [-0.2, 0) is 27.9 Å². The molecule has 3 N–H and O–H groups in total. The van der Waals surface area contributed by atoms with Crippen LogP contribution in [-0.4, -0.2) is 49.9 Å². The standard InChI is InChI=1S/C46H82NO7P/c1-3-5-7-9-11-13-15-17-19-20-21-22-23-24-25-26-28-30-32-34-36-38-41-51-43-45(44-53-55(49,50)52-42-40-47)54-46(48)39-37-35-33-31-29-27-18-16-14-12-10-8-6-4-2/h5,7,11,13,16-19,21-22,24-25,45H,3-4,6,8-10,12,14-15,20,23,26-44,47H2,1-2H3,(H,49,50)/b7-5-,13-11-,18-16-,19-17-,22-21-,25-24-. The van der Waals surface area contributed by atoms with E-state index in [1.807, 2.05) is 0 Å². The van der Waals surface area contributed by atoms with Gasteiger partial charge in [-0.15, -0.1) is 0 Å². The van der Waals surface area contributed by atoms with Gasteiger partial charge in [-0.1, -0.05) is 157 Å². The highest BCUT2D eigenvalue weighted by molar-refractivity contribution is 7.47. The molecule has 9 heteroatoms. The second-order valence-electron chi connectivity index (χ2n) is 14.2. The molecule has 0 fully saturated rings. The van der Waals surface area contributed by atoms with Gasteiger partial charge in [0.1, 0.15) is 6.10 Å². The highest BCUT2D eigenvalue weighted by Crippen LogP contribution is 2.43. The third-order valence-corrected chi connectivity index (χ3v) is 9.84. The van der Waals surface area contributed by atoms with E-state index in [0.717, 1.165) is 89.9 Å². The van der Waals surface area contributed by atoms with Gasteiger partial charge in [0, 0.05) is 19.6 Å². The number of phosphoric acid groups is 1. The fourth-order valence-electron chi connectivity index (χ4n) is 5.66. The van der Waals surface area contributed by atoms with E-state index in [-0.39, 0.29) is 32.3 Å². The Hall–Kier alpha value is -2.06. The van der Waals surface area contributed by atoms with Crippen LogP contribution in [0.1, 0.15) is 174 Å². The summed E-state index contributed by atoms with van der Waals surface area (Å²) in [7, 11) is -4.29. The maximum absolute atomic E-state index is 12.6. The molecule has 0 amide bonds. The molecule has 2 atom stereocenters. The fraction of sp³-hybridized carbons (Fsp3) is 0.717. The zero-order chi connectivity index (χ0) is 40.2. The van der Waals surface area contributed by atoms with Gasteiger partial charge in [0.25, 0.3) is 0 Å². The molecule has 55 heavy (non-hydrogen) atoms. The van der Waals surface area contributed by atoms with E-state index in [1.165, 1.54) is 64.2 Å². The first-order valence-corrected chi connectivity index (χ1v) is 23.4. The van der Waals surface area contributed by atoms with E-state index in [1.54, 1.807) is 0 Å². The molecule has 0 bridgehead atoms. The summed E-state index contributed by atoms with van der Waals surface area (Å²) >= 11 is 0. The molecule has 8 nitrogen and oxygen atoms in total. The minimum atomic E-state index is -4.29. The van der Waals surface area contributed by atoms with Crippen LogP contribution < -0.4 is 5.73 Å². The second-order valence-corrected chi connectivity index (χ2v) is 15.6. The Morgan fingerprint density at radius 3 is 1.55 bits per heavy atom. The Morgan fingerprint density at radius 2 is 1.02 bits per heavy atom. The van der Waals surface area contributed by atoms with Gasteiger partial charge in [0.2, 0.25) is 0 Å². The van der Waals surface area contributed by atoms with E-state index in [0.29, 0.717) is 13.0 Å². The van der Waals surface area contributed by atoms with Crippen LogP contribution in [0.25, 0.3) is 0 Å². The summed E-state index contributed by atoms with van der Waals surface area (Å²) < 4.78 is 33.4. The molecule has 2 unspecified atom stereocenters. The van der Waals surface area contributed by atoms with Crippen molar-refractivity contribution in [2.24, 2.45) is 5.73 Å². The molecule has 0 aliphatic heterocycles. The number of carbonyl (C=O) groups excluding carboxylic acids is 1.